The first kappa shape index (κ1) is 10.2. The van der Waals surface area contributed by atoms with Crippen LogP contribution in [0.15, 0.2) is 36.4 Å². The minimum Gasteiger partial charge on any atom is -0.388 e. The molecule has 2 aromatic carbocycles. The number of rotatable bonds is 2. The van der Waals surface area contributed by atoms with Gasteiger partial charge in [0.15, 0.2) is 0 Å². The van der Waals surface area contributed by atoms with Crippen molar-refractivity contribution in [1.29, 1.82) is 0 Å². The lowest BCUT2D eigenvalue weighted by molar-refractivity contribution is 1.26. The molecule has 1 aliphatic carbocycles. The van der Waals surface area contributed by atoms with E-state index in [0.717, 1.165) is 6.42 Å². The lowest BCUT2D eigenvalue weighted by atomic mass is 10.0. The lowest BCUT2D eigenvalue weighted by Crippen LogP contribution is -1.95. The Kier molecular flexibility index (Phi) is 2.29. The second kappa shape index (κ2) is 3.81. The molecule has 2 nitrogen and oxygen atoms in total. The van der Waals surface area contributed by atoms with Gasteiger partial charge in [0.1, 0.15) is 0 Å². The zero-order valence-electron chi connectivity index (χ0n) is 10.2. The molecule has 0 atom stereocenters. The maximum absolute atomic E-state index is 3.29. The van der Waals surface area contributed by atoms with Crippen LogP contribution in [0.2, 0.25) is 0 Å². The molecule has 0 unspecified atom stereocenters. The number of anilines is 2. The van der Waals surface area contributed by atoms with E-state index < -0.39 is 0 Å². The van der Waals surface area contributed by atoms with Crippen molar-refractivity contribution in [2.75, 3.05) is 24.7 Å². The summed E-state index contributed by atoms with van der Waals surface area (Å²) in [6, 6.07) is 13.0. The fourth-order valence-electron chi connectivity index (χ4n) is 2.71. The smallest absolute Gasteiger partial charge is 0.0421 e. The van der Waals surface area contributed by atoms with E-state index in [1.807, 2.05) is 14.1 Å². The third kappa shape index (κ3) is 1.41. The van der Waals surface area contributed by atoms with Crippen LogP contribution < -0.4 is 10.6 Å². The van der Waals surface area contributed by atoms with Crippen molar-refractivity contribution >= 4 is 11.4 Å². The minimum atomic E-state index is 1.04. The van der Waals surface area contributed by atoms with Gasteiger partial charge in [-0.15, -0.1) is 0 Å². The molecular weight excluding hydrogens is 208 g/mol. The normalized spacial score (nSPS) is 11.9. The van der Waals surface area contributed by atoms with Gasteiger partial charge in [-0.25, -0.2) is 0 Å². The Labute approximate surface area is 102 Å². The Morgan fingerprint density at radius 1 is 0.765 bits per heavy atom. The summed E-state index contributed by atoms with van der Waals surface area (Å²) in [5.41, 5.74) is 7.96. The van der Waals surface area contributed by atoms with Crippen LogP contribution in [-0.4, -0.2) is 14.1 Å². The second-order valence-electron chi connectivity index (χ2n) is 4.36. The van der Waals surface area contributed by atoms with Crippen LogP contribution in [-0.2, 0) is 6.42 Å². The highest BCUT2D eigenvalue weighted by Gasteiger charge is 2.23. The van der Waals surface area contributed by atoms with Gasteiger partial charge in [-0.3, -0.25) is 0 Å². The van der Waals surface area contributed by atoms with E-state index >= 15 is 0 Å². The fourth-order valence-corrected chi connectivity index (χ4v) is 2.71. The molecule has 0 aliphatic heterocycles. The van der Waals surface area contributed by atoms with Crippen LogP contribution >= 0.6 is 0 Å². The van der Waals surface area contributed by atoms with Crippen LogP contribution in [0.3, 0.4) is 0 Å². The monoisotopic (exact) mass is 224 g/mol. The molecule has 2 aromatic rings. The maximum Gasteiger partial charge on any atom is 0.0421 e. The molecule has 0 bridgehead atoms. The van der Waals surface area contributed by atoms with E-state index in [4.69, 9.17) is 0 Å². The molecule has 0 saturated heterocycles. The molecule has 0 aromatic heterocycles. The Bertz CT molecular complexity index is 522. The van der Waals surface area contributed by atoms with E-state index in [9.17, 15) is 0 Å². The van der Waals surface area contributed by atoms with Gasteiger partial charge in [0.25, 0.3) is 0 Å². The van der Waals surface area contributed by atoms with Crippen LogP contribution in [0.25, 0.3) is 11.1 Å². The highest BCUT2D eigenvalue weighted by Crippen LogP contribution is 2.44. The van der Waals surface area contributed by atoms with E-state index in [-0.39, 0.29) is 0 Å². The summed E-state index contributed by atoms with van der Waals surface area (Å²) in [5, 5.41) is 6.58. The van der Waals surface area contributed by atoms with Crippen molar-refractivity contribution in [1.82, 2.24) is 0 Å². The molecule has 0 heterocycles. The first-order valence-electron chi connectivity index (χ1n) is 5.95. The van der Waals surface area contributed by atoms with Gasteiger partial charge in [0.2, 0.25) is 0 Å². The van der Waals surface area contributed by atoms with Crippen molar-refractivity contribution < 1.29 is 0 Å². The van der Waals surface area contributed by atoms with Crippen molar-refractivity contribution in [3.8, 4) is 11.1 Å². The Morgan fingerprint density at radius 3 is 1.65 bits per heavy atom. The highest BCUT2D eigenvalue weighted by atomic mass is 14.8. The molecule has 2 N–H and O–H groups in total. The van der Waals surface area contributed by atoms with Gasteiger partial charge < -0.3 is 10.6 Å². The quantitative estimate of drug-likeness (QED) is 0.697. The van der Waals surface area contributed by atoms with Crippen molar-refractivity contribution in [3.63, 3.8) is 0 Å². The van der Waals surface area contributed by atoms with Gasteiger partial charge in [-0.2, -0.15) is 0 Å². The number of nitrogens with one attached hydrogen (secondary N) is 2. The zero-order chi connectivity index (χ0) is 11.8. The van der Waals surface area contributed by atoms with Gasteiger partial charge in [-0.1, -0.05) is 24.3 Å². The standard InChI is InChI=1S/C15H16N2/c1-16-12-7-3-5-10-9-11-6-4-8-13(17-2)15(11)14(10)12/h3-8,16-17H,9H2,1-2H3. The molecule has 3 rings (SSSR count). The molecule has 17 heavy (non-hydrogen) atoms. The van der Waals surface area contributed by atoms with E-state index in [1.165, 1.54) is 33.6 Å². The number of benzene rings is 2. The van der Waals surface area contributed by atoms with Gasteiger partial charge >= 0.3 is 0 Å². The number of fused-ring (bicyclic) bond motifs is 3. The third-order valence-corrected chi connectivity index (χ3v) is 3.47. The second-order valence-corrected chi connectivity index (χ2v) is 4.36. The predicted molar refractivity (Wildman–Crippen MR) is 73.8 cm³/mol. The summed E-state index contributed by atoms with van der Waals surface area (Å²) < 4.78 is 0. The Balaban J connectivity index is 2.31. The summed E-state index contributed by atoms with van der Waals surface area (Å²) in [6.07, 6.45) is 1.04. The maximum atomic E-state index is 3.29. The number of hydrogen-bond acceptors (Lipinski definition) is 2. The van der Waals surface area contributed by atoms with Gasteiger partial charge in [-0.05, 0) is 29.7 Å². The summed E-state index contributed by atoms with van der Waals surface area (Å²) in [5.74, 6) is 0. The van der Waals surface area contributed by atoms with Crippen LogP contribution in [0.1, 0.15) is 11.1 Å². The lowest BCUT2D eigenvalue weighted by Gasteiger charge is -2.12. The average Bonchev–Trinajstić information content (AvgIpc) is 2.76. The first-order chi connectivity index (χ1) is 8.35. The van der Waals surface area contributed by atoms with Crippen LogP contribution in [0, 0.1) is 0 Å². The summed E-state index contributed by atoms with van der Waals surface area (Å²) in [6.45, 7) is 0. The molecule has 0 saturated carbocycles. The molecular formula is C15H16N2. The third-order valence-electron chi connectivity index (χ3n) is 3.47. The Hall–Kier alpha value is -1.96. The van der Waals surface area contributed by atoms with Gasteiger partial charge in [0, 0.05) is 36.6 Å². The van der Waals surface area contributed by atoms with E-state index in [2.05, 4.69) is 47.0 Å². The largest absolute Gasteiger partial charge is 0.388 e. The molecule has 0 amide bonds. The van der Waals surface area contributed by atoms with Crippen LogP contribution in [0.4, 0.5) is 11.4 Å². The molecule has 0 spiro atoms. The molecule has 86 valence electrons. The molecule has 0 fully saturated rings. The SMILES string of the molecule is CNc1cccc2c1-c1c(cccc1NC)C2. The summed E-state index contributed by atoms with van der Waals surface area (Å²) >= 11 is 0. The topological polar surface area (TPSA) is 24.1 Å². The molecule has 0 radical (unpaired) electrons. The fraction of sp³-hybridized carbons (Fsp3) is 0.200. The van der Waals surface area contributed by atoms with E-state index in [0.29, 0.717) is 0 Å². The predicted octanol–water partition coefficient (Wildman–Crippen LogP) is 3.34. The van der Waals surface area contributed by atoms with Crippen LogP contribution in [0.5, 0.6) is 0 Å². The zero-order valence-corrected chi connectivity index (χ0v) is 10.2. The van der Waals surface area contributed by atoms with Gasteiger partial charge in [0.05, 0.1) is 0 Å². The summed E-state index contributed by atoms with van der Waals surface area (Å²) in [7, 11) is 3.96. The highest BCUT2D eigenvalue weighted by molar-refractivity contribution is 5.93. The van der Waals surface area contributed by atoms with Crippen molar-refractivity contribution in [2.45, 2.75) is 6.42 Å². The summed E-state index contributed by atoms with van der Waals surface area (Å²) in [4.78, 5) is 0. The molecule has 2 heteroatoms. The number of hydrogen-bond donors (Lipinski definition) is 2. The Morgan fingerprint density at radius 2 is 1.24 bits per heavy atom. The van der Waals surface area contributed by atoms with Crippen molar-refractivity contribution in [2.24, 2.45) is 0 Å². The van der Waals surface area contributed by atoms with E-state index in [1.54, 1.807) is 0 Å². The average molecular weight is 224 g/mol. The minimum absolute atomic E-state index is 1.04. The molecule has 1 aliphatic rings. The first-order valence-corrected chi connectivity index (χ1v) is 5.95. The van der Waals surface area contributed by atoms with Crippen molar-refractivity contribution in [3.05, 3.63) is 47.5 Å².